The van der Waals surface area contributed by atoms with E-state index in [0.717, 1.165) is 45.0 Å². The van der Waals surface area contributed by atoms with Crippen molar-refractivity contribution in [2.24, 2.45) is 10.7 Å². The Bertz CT molecular complexity index is 201. The van der Waals surface area contributed by atoms with Gasteiger partial charge >= 0.3 is 0 Å². The highest BCUT2D eigenvalue weighted by Crippen LogP contribution is 1.86. The molecule has 0 rings (SSSR count). The van der Waals surface area contributed by atoms with Crippen molar-refractivity contribution in [3.63, 3.8) is 0 Å². The number of rotatable bonds is 9. The monoisotopic (exact) mass is 257 g/mol. The number of hydrogen-bond donors (Lipinski definition) is 4. The van der Waals surface area contributed by atoms with Gasteiger partial charge in [-0.1, -0.05) is 0 Å². The molecule has 108 valence electrons. The Morgan fingerprint density at radius 2 is 1.56 bits per heavy atom. The van der Waals surface area contributed by atoms with Gasteiger partial charge in [0.2, 0.25) is 0 Å². The van der Waals surface area contributed by atoms with Crippen LogP contribution in [0.15, 0.2) is 4.99 Å². The number of nitrogens with one attached hydrogen (secondary N) is 3. The van der Waals surface area contributed by atoms with E-state index in [0.29, 0.717) is 12.1 Å². The summed E-state index contributed by atoms with van der Waals surface area (Å²) in [4.78, 5) is 4.55. The smallest absolute Gasteiger partial charge is 0.191 e. The summed E-state index contributed by atoms with van der Waals surface area (Å²) in [6.07, 6.45) is 2.09. The SMILES string of the molecule is CC(C)NC(=NCCCNCCCN)NC(C)C. The van der Waals surface area contributed by atoms with Gasteiger partial charge in [0.25, 0.3) is 0 Å². The van der Waals surface area contributed by atoms with Gasteiger partial charge in [0.15, 0.2) is 5.96 Å². The molecule has 0 saturated carbocycles. The molecule has 0 bridgehead atoms. The highest BCUT2D eigenvalue weighted by molar-refractivity contribution is 5.80. The van der Waals surface area contributed by atoms with Gasteiger partial charge < -0.3 is 21.7 Å². The van der Waals surface area contributed by atoms with Gasteiger partial charge in [-0.2, -0.15) is 0 Å². The lowest BCUT2D eigenvalue weighted by Crippen LogP contribution is -2.44. The molecule has 0 aliphatic carbocycles. The zero-order valence-electron chi connectivity index (χ0n) is 12.4. The molecule has 0 aromatic heterocycles. The van der Waals surface area contributed by atoms with E-state index in [-0.39, 0.29) is 0 Å². The second-order valence-electron chi connectivity index (χ2n) is 5.07. The van der Waals surface area contributed by atoms with Crippen molar-refractivity contribution < 1.29 is 0 Å². The average Bonchev–Trinajstić information content (AvgIpc) is 2.26. The van der Waals surface area contributed by atoms with Crippen molar-refractivity contribution in [1.82, 2.24) is 16.0 Å². The Hall–Kier alpha value is -0.810. The molecule has 0 spiro atoms. The highest BCUT2D eigenvalue weighted by Gasteiger charge is 2.02. The molecule has 0 radical (unpaired) electrons. The molecular weight excluding hydrogens is 226 g/mol. The minimum atomic E-state index is 0.401. The molecule has 5 nitrogen and oxygen atoms in total. The fourth-order valence-electron chi connectivity index (χ4n) is 1.43. The van der Waals surface area contributed by atoms with E-state index in [4.69, 9.17) is 5.73 Å². The molecule has 0 heterocycles. The quantitative estimate of drug-likeness (QED) is 0.278. The number of guanidine groups is 1. The molecular formula is C13H31N5. The summed E-state index contributed by atoms with van der Waals surface area (Å²) in [5.74, 6) is 0.905. The van der Waals surface area contributed by atoms with E-state index in [1.54, 1.807) is 0 Å². The summed E-state index contributed by atoms with van der Waals surface area (Å²) in [5.41, 5.74) is 5.42. The summed E-state index contributed by atoms with van der Waals surface area (Å²) in [7, 11) is 0. The van der Waals surface area contributed by atoms with E-state index >= 15 is 0 Å². The molecule has 5 N–H and O–H groups in total. The van der Waals surface area contributed by atoms with Gasteiger partial charge in [-0.25, -0.2) is 0 Å². The van der Waals surface area contributed by atoms with Crippen LogP contribution in [0.1, 0.15) is 40.5 Å². The van der Waals surface area contributed by atoms with Crippen molar-refractivity contribution >= 4 is 5.96 Å². The molecule has 0 aliphatic rings. The molecule has 18 heavy (non-hydrogen) atoms. The van der Waals surface area contributed by atoms with Crippen molar-refractivity contribution in [1.29, 1.82) is 0 Å². The van der Waals surface area contributed by atoms with Crippen LogP contribution in [0, 0.1) is 0 Å². The van der Waals surface area contributed by atoms with Crippen LogP contribution in [0.4, 0.5) is 0 Å². The zero-order valence-corrected chi connectivity index (χ0v) is 12.4. The van der Waals surface area contributed by atoms with E-state index < -0.39 is 0 Å². The first kappa shape index (κ1) is 17.2. The average molecular weight is 257 g/mol. The first-order chi connectivity index (χ1) is 8.56. The predicted octanol–water partition coefficient (Wildman–Crippen LogP) is 0.667. The minimum Gasteiger partial charge on any atom is -0.354 e. The molecule has 0 aromatic rings. The summed E-state index contributed by atoms with van der Waals surface area (Å²) >= 11 is 0. The third-order valence-electron chi connectivity index (χ3n) is 2.19. The number of aliphatic imine (C=N–C) groups is 1. The standard InChI is InChI=1S/C13H31N5/c1-11(2)17-13(18-12(3)4)16-10-6-9-15-8-5-7-14/h11-12,15H,5-10,14H2,1-4H3,(H2,16,17,18). The lowest BCUT2D eigenvalue weighted by atomic mass is 10.3. The van der Waals surface area contributed by atoms with E-state index in [9.17, 15) is 0 Å². The Labute approximate surface area is 112 Å². The van der Waals surface area contributed by atoms with Gasteiger partial charge in [0.1, 0.15) is 0 Å². The largest absolute Gasteiger partial charge is 0.354 e. The molecule has 0 fully saturated rings. The van der Waals surface area contributed by atoms with Gasteiger partial charge in [0.05, 0.1) is 0 Å². The predicted molar refractivity (Wildman–Crippen MR) is 80.0 cm³/mol. The first-order valence-electron chi connectivity index (χ1n) is 7.04. The molecule has 5 heteroatoms. The molecule has 0 amide bonds. The fraction of sp³-hybridized carbons (Fsp3) is 0.923. The third kappa shape index (κ3) is 11.7. The molecule has 0 atom stereocenters. The van der Waals surface area contributed by atoms with Crippen LogP contribution in [0.25, 0.3) is 0 Å². The van der Waals surface area contributed by atoms with Crippen molar-refractivity contribution in [3.8, 4) is 0 Å². The Balaban J connectivity index is 3.78. The minimum absolute atomic E-state index is 0.401. The van der Waals surface area contributed by atoms with E-state index in [2.05, 4.69) is 48.6 Å². The Morgan fingerprint density at radius 3 is 2.06 bits per heavy atom. The van der Waals surface area contributed by atoms with Crippen LogP contribution in [-0.2, 0) is 0 Å². The van der Waals surface area contributed by atoms with E-state index in [1.807, 2.05) is 0 Å². The van der Waals surface area contributed by atoms with Crippen molar-refractivity contribution in [3.05, 3.63) is 0 Å². The summed E-state index contributed by atoms with van der Waals surface area (Å²) in [5, 5.41) is 10.0. The van der Waals surface area contributed by atoms with Gasteiger partial charge in [-0.3, -0.25) is 4.99 Å². The van der Waals surface area contributed by atoms with Crippen LogP contribution < -0.4 is 21.7 Å². The first-order valence-corrected chi connectivity index (χ1v) is 7.04. The summed E-state index contributed by atoms with van der Waals surface area (Å²) in [6.45, 7) is 12.1. The van der Waals surface area contributed by atoms with Crippen molar-refractivity contribution in [2.75, 3.05) is 26.2 Å². The van der Waals surface area contributed by atoms with Crippen LogP contribution in [-0.4, -0.2) is 44.2 Å². The lowest BCUT2D eigenvalue weighted by Gasteiger charge is -2.17. The highest BCUT2D eigenvalue weighted by atomic mass is 15.2. The maximum Gasteiger partial charge on any atom is 0.191 e. The van der Waals surface area contributed by atoms with Gasteiger partial charge in [-0.05, 0) is 60.2 Å². The Kier molecular flexibility index (Phi) is 10.8. The van der Waals surface area contributed by atoms with E-state index in [1.165, 1.54) is 0 Å². The number of hydrogen-bond acceptors (Lipinski definition) is 3. The summed E-state index contributed by atoms with van der Waals surface area (Å²) < 4.78 is 0. The zero-order chi connectivity index (χ0) is 13.8. The maximum absolute atomic E-state index is 5.42. The second kappa shape index (κ2) is 11.3. The van der Waals surface area contributed by atoms with Gasteiger partial charge in [-0.15, -0.1) is 0 Å². The van der Waals surface area contributed by atoms with Gasteiger partial charge in [0, 0.05) is 18.6 Å². The summed E-state index contributed by atoms with van der Waals surface area (Å²) in [6, 6.07) is 0.801. The normalized spacial score (nSPS) is 10.8. The third-order valence-corrected chi connectivity index (χ3v) is 2.19. The number of nitrogens with two attached hydrogens (primary N) is 1. The molecule has 0 saturated heterocycles. The second-order valence-corrected chi connectivity index (χ2v) is 5.07. The maximum atomic E-state index is 5.42. The number of nitrogens with zero attached hydrogens (tertiary/aromatic N) is 1. The molecule has 0 aromatic carbocycles. The van der Waals surface area contributed by atoms with Crippen molar-refractivity contribution in [2.45, 2.75) is 52.6 Å². The molecule has 0 aliphatic heterocycles. The topological polar surface area (TPSA) is 74.5 Å². The van der Waals surface area contributed by atoms with Crippen LogP contribution in [0.2, 0.25) is 0 Å². The van der Waals surface area contributed by atoms with Crippen LogP contribution in [0.5, 0.6) is 0 Å². The van der Waals surface area contributed by atoms with Crippen LogP contribution in [0.3, 0.4) is 0 Å². The van der Waals surface area contributed by atoms with Crippen LogP contribution >= 0.6 is 0 Å². The fourth-order valence-corrected chi connectivity index (χ4v) is 1.43. The molecule has 0 unspecified atom stereocenters. The Morgan fingerprint density at radius 1 is 1.00 bits per heavy atom. The lowest BCUT2D eigenvalue weighted by molar-refractivity contribution is 0.623.